The molecule has 2 rings (SSSR count). The molecule has 5 heteroatoms. The molecule has 0 heterocycles. The fourth-order valence-electron chi connectivity index (χ4n) is 2.78. The van der Waals surface area contributed by atoms with Gasteiger partial charge in [-0.2, -0.15) is 0 Å². The summed E-state index contributed by atoms with van der Waals surface area (Å²) in [6, 6.07) is 6.98. The van der Waals surface area contributed by atoms with E-state index >= 15 is 0 Å². The monoisotopic (exact) mass is 310 g/mol. The van der Waals surface area contributed by atoms with Crippen LogP contribution in [0.15, 0.2) is 29.2 Å². The number of hydrogen-bond donors (Lipinski definition) is 2. The lowest BCUT2D eigenvalue weighted by atomic mass is 9.92. The quantitative estimate of drug-likeness (QED) is 0.878. The maximum Gasteiger partial charge on any atom is 0.240 e. The highest BCUT2D eigenvalue weighted by atomic mass is 32.2. The Kier molecular flexibility index (Phi) is 5.41. The van der Waals surface area contributed by atoms with Gasteiger partial charge in [0.25, 0.3) is 0 Å². The molecular formula is C16H26N2O2S. The Morgan fingerprint density at radius 1 is 1.24 bits per heavy atom. The van der Waals surface area contributed by atoms with Gasteiger partial charge in [0.05, 0.1) is 4.90 Å². The third-order valence-corrected chi connectivity index (χ3v) is 6.00. The third kappa shape index (κ3) is 4.05. The molecule has 0 saturated heterocycles. The van der Waals surface area contributed by atoms with Crippen molar-refractivity contribution in [3.8, 4) is 0 Å². The highest BCUT2D eigenvalue weighted by molar-refractivity contribution is 7.89. The van der Waals surface area contributed by atoms with Crippen molar-refractivity contribution in [1.82, 2.24) is 4.72 Å². The zero-order chi connectivity index (χ0) is 15.5. The lowest BCUT2D eigenvalue weighted by Gasteiger charge is -2.29. The van der Waals surface area contributed by atoms with Crippen LogP contribution in [0.2, 0.25) is 0 Å². The average Bonchev–Trinajstić information content (AvgIpc) is 2.49. The Labute approximate surface area is 128 Å². The van der Waals surface area contributed by atoms with Crippen molar-refractivity contribution in [3.63, 3.8) is 0 Å². The van der Waals surface area contributed by atoms with Crippen molar-refractivity contribution in [2.75, 3.05) is 0 Å². The first kappa shape index (κ1) is 16.5. The van der Waals surface area contributed by atoms with Crippen LogP contribution in [0.25, 0.3) is 0 Å². The molecule has 1 saturated carbocycles. The van der Waals surface area contributed by atoms with E-state index in [4.69, 9.17) is 5.73 Å². The molecule has 0 radical (unpaired) electrons. The second kappa shape index (κ2) is 6.90. The predicted octanol–water partition coefficient (Wildman–Crippen LogP) is 2.75. The standard InChI is InChI=1S/C16H26N2O2S/c1-3-12(2)13-8-10-14(11-9-13)21(19,20)18-16-7-5-4-6-15(16)17/h8-12,15-16,18H,3-7,17H2,1-2H3/t12?,15-,16-/m1/s1. The smallest absolute Gasteiger partial charge is 0.240 e. The molecule has 0 bridgehead atoms. The topological polar surface area (TPSA) is 72.2 Å². The minimum Gasteiger partial charge on any atom is -0.326 e. The van der Waals surface area contributed by atoms with E-state index in [0.29, 0.717) is 10.8 Å². The molecule has 21 heavy (non-hydrogen) atoms. The fraction of sp³-hybridized carbons (Fsp3) is 0.625. The van der Waals surface area contributed by atoms with Gasteiger partial charge in [-0.1, -0.05) is 38.8 Å². The molecule has 1 aliphatic carbocycles. The lowest BCUT2D eigenvalue weighted by molar-refractivity contribution is 0.361. The van der Waals surface area contributed by atoms with Crippen molar-refractivity contribution in [2.24, 2.45) is 5.73 Å². The van der Waals surface area contributed by atoms with Crippen molar-refractivity contribution in [1.29, 1.82) is 0 Å². The molecule has 118 valence electrons. The number of rotatable bonds is 5. The number of sulfonamides is 1. The molecular weight excluding hydrogens is 284 g/mol. The Balaban J connectivity index is 2.12. The Morgan fingerprint density at radius 3 is 2.43 bits per heavy atom. The number of nitrogens with two attached hydrogens (primary N) is 1. The van der Waals surface area contributed by atoms with Gasteiger partial charge in [0.1, 0.15) is 0 Å². The molecule has 4 nitrogen and oxygen atoms in total. The molecule has 0 aliphatic heterocycles. The summed E-state index contributed by atoms with van der Waals surface area (Å²) < 4.78 is 27.6. The second-order valence-corrected chi connectivity index (χ2v) is 7.77. The molecule has 1 unspecified atom stereocenters. The van der Waals surface area contributed by atoms with Gasteiger partial charge < -0.3 is 5.73 Å². The first-order valence-electron chi connectivity index (χ1n) is 7.82. The van der Waals surface area contributed by atoms with Gasteiger partial charge in [0.15, 0.2) is 0 Å². The van der Waals surface area contributed by atoms with Crippen molar-refractivity contribution < 1.29 is 8.42 Å². The van der Waals surface area contributed by atoms with Gasteiger partial charge in [-0.25, -0.2) is 13.1 Å². The van der Waals surface area contributed by atoms with Gasteiger partial charge in [0, 0.05) is 12.1 Å². The highest BCUT2D eigenvalue weighted by Crippen LogP contribution is 2.22. The van der Waals surface area contributed by atoms with E-state index in [0.717, 1.165) is 32.1 Å². The summed E-state index contributed by atoms with van der Waals surface area (Å²) in [6.07, 6.45) is 4.88. The van der Waals surface area contributed by atoms with E-state index in [1.54, 1.807) is 12.1 Å². The van der Waals surface area contributed by atoms with Gasteiger partial charge in [-0.15, -0.1) is 0 Å². The van der Waals surface area contributed by atoms with Gasteiger partial charge in [-0.05, 0) is 42.9 Å². The summed E-state index contributed by atoms with van der Waals surface area (Å²) in [5.74, 6) is 0.446. The van der Waals surface area contributed by atoms with E-state index in [-0.39, 0.29) is 12.1 Å². The Morgan fingerprint density at radius 2 is 1.86 bits per heavy atom. The Hall–Kier alpha value is -0.910. The summed E-state index contributed by atoms with van der Waals surface area (Å²) in [4.78, 5) is 0.326. The molecule has 0 amide bonds. The van der Waals surface area contributed by atoms with E-state index in [1.807, 2.05) is 12.1 Å². The van der Waals surface area contributed by atoms with Crippen LogP contribution in [0, 0.1) is 0 Å². The summed E-state index contributed by atoms with van der Waals surface area (Å²) in [7, 11) is -3.47. The van der Waals surface area contributed by atoms with E-state index in [1.165, 1.54) is 5.56 Å². The van der Waals surface area contributed by atoms with Gasteiger partial charge in [0.2, 0.25) is 10.0 Å². The number of nitrogens with one attached hydrogen (secondary N) is 1. The molecule has 1 fully saturated rings. The summed E-state index contributed by atoms with van der Waals surface area (Å²) in [6.45, 7) is 4.27. The van der Waals surface area contributed by atoms with E-state index in [2.05, 4.69) is 18.6 Å². The first-order chi connectivity index (χ1) is 9.94. The SMILES string of the molecule is CCC(C)c1ccc(S(=O)(=O)N[C@@H]2CCCC[C@H]2N)cc1. The molecule has 1 aromatic carbocycles. The van der Waals surface area contributed by atoms with E-state index in [9.17, 15) is 8.42 Å². The summed E-state index contributed by atoms with van der Waals surface area (Å²) >= 11 is 0. The van der Waals surface area contributed by atoms with Crippen molar-refractivity contribution >= 4 is 10.0 Å². The second-order valence-electron chi connectivity index (χ2n) is 6.05. The third-order valence-electron chi connectivity index (χ3n) is 4.50. The van der Waals surface area contributed by atoms with Crippen LogP contribution >= 0.6 is 0 Å². The van der Waals surface area contributed by atoms with Crippen LogP contribution < -0.4 is 10.5 Å². The molecule has 1 aromatic rings. The van der Waals surface area contributed by atoms with Gasteiger partial charge in [-0.3, -0.25) is 0 Å². The molecule has 0 aromatic heterocycles. The molecule has 0 spiro atoms. The first-order valence-corrected chi connectivity index (χ1v) is 9.30. The van der Waals surface area contributed by atoms with Crippen LogP contribution in [-0.2, 0) is 10.0 Å². The summed E-state index contributed by atoms with van der Waals surface area (Å²) in [5, 5.41) is 0. The van der Waals surface area contributed by atoms with Crippen molar-refractivity contribution in [3.05, 3.63) is 29.8 Å². The minimum atomic E-state index is -3.47. The van der Waals surface area contributed by atoms with Crippen LogP contribution in [0.4, 0.5) is 0 Å². The van der Waals surface area contributed by atoms with Crippen LogP contribution in [0.3, 0.4) is 0 Å². The normalized spacial score (nSPS) is 24.7. The predicted molar refractivity (Wildman–Crippen MR) is 85.7 cm³/mol. The maximum absolute atomic E-state index is 12.4. The number of hydrogen-bond acceptors (Lipinski definition) is 3. The van der Waals surface area contributed by atoms with Gasteiger partial charge >= 0.3 is 0 Å². The Bertz CT molecular complexity index is 554. The highest BCUT2D eigenvalue weighted by Gasteiger charge is 2.27. The van der Waals surface area contributed by atoms with Crippen LogP contribution in [-0.4, -0.2) is 20.5 Å². The van der Waals surface area contributed by atoms with Crippen LogP contribution in [0.1, 0.15) is 57.4 Å². The maximum atomic E-state index is 12.4. The largest absolute Gasteiger partial charge is 0.326 e. The number of benzene rings is 1. The fourth-order valence-corrected chi connectivity index (χ4v) is 4.11. The average molecular weight is 310 g/mol. The zero-order valence-corrected chi connectivity index (χ0v) is 13.7. The minimum absolute atomic E-state index is 0.0760. The molecule has 3 atom stereocenters. The van der Waals surface area contributed by atoms with E-state index < -0.39 is 10.0 Å². The molecule has 3 N–H and O–H groups in total. The van der Waals surface area contributed by atoms with Crippen molar-refractivity contribution in [2.45, 2.75) is 68.8 Å². The zero-order valence-electron chi connectivity index (χ0n) is 12.9. The lowest BCUT2D eigenvalue weighted by Crippen LogP contribution is -2.49. The molecule has 1 aliphatic rings. The summed E-state index contributed by atoms with van der Waals surface area (Å²) in [5.41, 5.74) is 7.19. The van der Waals surface area contributed by atoms with Crippen LogP contribution in [0.5, 0.6) is 0 Å².